The summed E-state index contributed by atoms with van der Waals surface area (Å²) in [5.74, 6) is -1.06. The lowest BCUT2D eigenvalue weighted by molar-refractivity contribution is -0.163. The number of ether oxygens (including phenoxy) is 2. The van der Waals surface area contributed by atoms with Gasteiger partial charge in [-0.2, -0.15) is 0 Å². The predicted molar refractivity (Wildman–Crippen MR) is 74.0 cm³/mol. The third-order valence-corrected chi connectivity index (χ3v) is 3.74. The smallest absolute Gasteiger partial charge is 0.309 e. The third kappa shape index (κ3) is 2.84. The van der Waals surface area contributed by atoms with E-state index >= 15 is 0 Å². The summed E-state index contributed by atoms with van der Waals surface area (Å²) in [6, 6.07) is 9.64. The first kappa shape index (κ1) is 14.6. The zero-order chi connectivity index (χ0) is 14.5. The SMILES string of the molecule is CCOC(=O)C1CC(C(=O)OCC)C1c1ccccc1. The Bertz CT molecular complexity index is 445. The Morgan fingerprint density at radius 1 is 1.00 bits per heavy atom. The molecule has 2 unspecified atom stereocenters. The number of carbonyl (C=O) groups is 2. The van der Waals surface area contributed by atoms with Crippen molar-refractivity contribution < 1.29 is 19.1 Å². The molecule has 0 aromatic heterocycles. The molecule has 0 amide bonds. The first-order valence-electron chi connectivity index (χ1n) is 7.07. The molecule has 20 heavy (non-hydrogen) atoms. The van der Waals surface area contributed by atoms with E-state index in [1.54, 1.807) is 13.8 Å². The zero-order valence-corrected chi connectivity index (χ0v) is 11.9. The lowest BCUT2D eigenvalue weighted by Crippen LogP contribution is -2.45. The Kier molecular flexibility index (Phi) is 4.77. The highest BCUT2D eigenvalue weighted by atomic mass is 16.5. The Labute approximate surface area is 119 Å². The lowest BCUT2D eigenvalue weighted by atomic mass is 9.62. The molecule has 4 heteroatoms. The van der Waals surface area contributed by atoms with Crippen LogP contribution >= 0.6 is 0 Å². The lowest BCUT2D eigenvalue weighted by Gasteiger charge is -2.41. The highest BCUT2D eigenvalue weighted by Gasteiger charge is 2.50. The van der Waals surface area contributed by atoms with E-state index in [1.165, 1.54) is 0 Å². The molecule has 1 aliphatic carbocycles. The van der Waals surface area contributed by atoms with E-state index < -0.39 is 0 Å². The van der Waals surface area contributed by atoms with Crippen LogP contribution in [0.25, 0.3) is 0 Å². The summed E-state index contributed by atoms with van der Waals surface area (Å²) < 4.78 is 10.2. The van der Waals surface area contributed by atoms with Gasteiger partial charge in [-0.15, -0.1) is 0 Å². The van der Waals surface area contributed by atoms with Crippen molar-refractivity contribution in [1.82, 2.24) is 0 Å². The molecule has 2 rings (SSSR count). The molecule has 108 valence electrons. The number of rotatable bonds is 5. The summed E-state index contributed by atoms with van der Waals surface area (Å²) in [5.41, 5.74) is 0.995. The van der Waals surface area contributed by atoms with Gasteiger partial charge in [-0.05, 0) is 25.8 Å². The Hall–Kier alpha value is -1.84. The van der Waals surface area contributed by atoms with Gasteiger partial charge in [0, 0.05) is 5.92 Å². The van der Waals surface area contributed by atoms with E-state index in [0.717, 1.165) is 5.56 Å². The van der Waals surface area contributed by atoms with E-state index in [0.29, 0.717) is 19.6 Å². The third-order valence-electron chi connectivity index (χ3n) is 3.74. The summed E-state index contributed by atoms with van der Waals surface area (Å²) in [5, 5.41) is 0. The molecular formula is C16H20O4. The van der Waals surface area contributed by atoms with Gasteiger partial charge in [0.1, 0.15) is 0 Å². The fourth-order valence-electron chi connectivity index (χ4n) is 2.78. The topological polar surface area (TPSA) is 52.6 Å². The number of benzene rings is 1. The van der Waals surface area contributed by atoms with Gasteiger partial charge in [-0.1, -0.05) is 30.3 Å². The van der Waals surface area contributed by atoms with E-state index in [-0.39, 0.29) is 29.7 Å². The first-order valence-corrected chi connectivity index (χ1v) is 7.07. The minimum atomic E-state index is -0.244. The maximum absolute atomic E-state index is 12.0. The summed E-state index contributed by atoms with van der Waals surface area (Å²) in [6.45, 7) is 4.30. The van der Waals surface area contributed by atoms with Crippen molar-refractivity contribution in [2.45, 2.75) is 26.2 Å². The Balaban J connectivity index is 2.17. The van der Waals surface area contributed by atoms with Gasteiger partial charge in [0.25, 0.3) is 0 Å². The molecule has 1 aliphatic rings. The van der Waals surface area contributed by atoms with Crippen molar-refractivity contribution in [2.75, 3.05) is 13.2 Å². The van der Waals surface area contributed by atoms with Crippen molar-refractivity contribution in [3.05, 3.63) is 35.9 Å². The van der Waals surface area contributed by atoms with Crippen LogP contribution in [0.3, 0.4) is 0 Å². The molecule has 0 saturated heterocycles. The summed E-state index contributed by atoms with van der Waals surface area (Å²) in [7, 11) is 0. The van der Waals surface area contributed by atoms with Crippen molar-refractivity contribution in [3.63, 3.8) is 0 Å². The molecule has 0 bridgehead atoms. The number of carbonyl (C=O) groups excluding carboxylic acids is 2. The Morgan fingerprint density at radius 2 is 1.50 bits per heavy atom. The largest absolute Gasteiger partial charge is 0.466 e. The average molecular weight is 276 g/mol. The van der Waals surface area contributed by atoms with Crippen molar-refractivity contribution in [3.8, 4) is 0 Å². The molecule has 2 atom stereocenters. The molecular weight excluding hydrogens is 256 g/mol. The fourth-order valence-corrected chi connectivity index (χ4v) is 2.78. The molecule has 0 aliphatic heterocycles. The van der Waals surface area contributed by atoms with Crippen LogP contribution in [0.1, 0.15) is 31.7 Å². The molecule has 1 aromatic rings. The standard InChI is InChI=1S/C16H20O4/c1-3-19-15(17)12-10-13(16(18)20-4-2)14(12)11-8-6-5-7-9-11/h5-9,12-14H,3-4,10H2,1-2H3. The van der Waals surface area contributed by atoms with E-state index in [1.807, 2.05) is 30.3 Å². The van der Waals surface area contributed by atoms with Crippen LogP contribution in [0.15, 0.2) is 30.3 Å². The van der Waals surface area contributed by atoms with Gasteiger partial charge in [0.15, 0.2) is 0 Å². The van der Waals surface area contributed by atoms with Crippen molar-refractivity contribution in [2.24, 2.45) is 11.8 Å². The van der Waals surface area contributed by atoms with Crippen molar-refractivity contribution in [1.29, 1.82) is 0 Å². The van der Waals surface area contributed by atoms with Gasteiger partial charge in [-0.3, -0.25) is 9.59 Å². The maximum Gasteiger partial charge on any atom is 0.309 e. The number of hydrogen-bond acceptors (Lipinski definition) is 4. The minimum Gasteiger partial charge on any atom is -0.466 e. The highest BCUT2D eigenvalue weighted by Crippen LogP contribution is 2.48. The van der Waals surface area contributed by atoms with Crippen molar-refractivity contribution >= 4 is 11.9 Å². The molecule has 0 heterocycles. The van der Waals surface area contributed by atoms with Crippen LogP contribution in [0.4, 0.5) is 0 Å². The van der Waals surface area contributed by atoms with Gasteiger partial charge in [-0.25, -0.2) is 0 Å². The quantitative estimate of drug-likeness (QED) is 0.775. The van der Waals surface area contributed by atoms with Crippen LogP contribution in [-0.2, 0) is 19.1 Å². The second-order valence-corrected chi connectivity index (χ2v) is 4.89. The summed E-state index contributed by atoms with van der Waals surface area (Å²) in [4.78, 5) is 23.9. The van der Waals surface area contributed by atoms with E-state index in [2.05, 4.69) is 0 Å². The zero-order valence-electron chi connectivity index (χ0n) is 11.9. The summed E-state index contributed by atoms with van der Waals surface area (Å²) >= 11 is 0. The second-order valence-electron chi connectivity index (χ2n) is 4.89. The molecule has 0 N–H and O–H groups in total. The molecule has 1 saturated carbocycles. The van der Waals surface area contributed by atoms with Crippen LogP contribution in [0.5, 0.6) is 0 Å². The molecule has 4 nitrogen and oxygen atoms in total. The fraction of sp³-hybridized carbons (Fsp3) is 0.500. The van der Waals surface area contributed by atoms with Crippen LogP contribution < -0.4 is 0 Å². The number of esters is 2. The normalized spacial score (nSPS) is 24.6. The van der Waals surface area contributed by atoms with Gasteiger partial charge < -0.3 is 9.47 Å². The van der Waals surface area contributed by atoms with Gasteiger partial charge in [0.05, 0.1) is 25.0 Å². The average Bonchev–Trinajstić information content (AvgIpc) is 2.39. The molecule has 0 spiro atoms. The molecule has 1 aromatic carbocycles. The van der Waals surface area contributed by atoms with Crippen LogP contribution in [-0.4, -0.2) is 25.2 Å². The monoisotopic (exact) mass is 276 g/mol. The van der Waals surface area contributed by atoms with Gasteiger partial charge >= 0.3 is 11.9 Å². The first-order chi connectivity index (χ1) is 9.69. The van der Waals surface area contributed by atoms with Gasteiger partial charge in [0.2, 0.25) is 0 Å². The highest BCUT2D eigenvalue weighted by molar-refractivity contribution is 5.82. The van der Waals surface area contributed by atoms with E-state index in [4.69, 9.17) is 9.47 Å². The maximum atomic E-state index is 12.0. The van der Waals surface area contributed by atoms with E-state index in [9.17, 15) is 9.59 Å². The van der Waals surface area contributed by atoms with Crippen LogP contribution in [0, 0.1) is 11.8 Å². The molecule has 1 fully saturated rings. The van der Waals surface area contributed by atoms with Crippen LogP contribution in [0.2, 0.25) is 0 Å². The Morgan fingerprint density at radius 3 is 1.95 bits per heavy atom. The second kappa shape index (κ2) is 6.55. The summed E-state index contributed by atoms with van der Waals surface area (Å²) in [6.07, 6.45) is 0.511. The predicted octanol–water partition coefficient (Wildman–Crippen LogP) is 2.53. The molecule has 0 radical (unpaired) electrons. The minimum absolute atomic E-state index is 0.130. The number of hydrogen-bond donors (Lipinski definition) is 0.